The number of hydrogen-bond donors (Lipinski definition) is 2. The molecule has 1 fully saturated rings. The molecular formula is C16H28N4S. The van der Waals surface area contributed by atoms with Gasteiger partial charge in [-0.25, -0.2) is 0 Å². The molecule has 0 aromatic carbocycles. The first-order chi connectivity index (χ1) is 10.1. The molecule has 0 saturated heterocycles. The van der Waals surface area contributed by atoms with Crippen molar-refractivity contribution in [2.24, 2.45) is 10.9 Å². The van der Waals surface area contributed by atoms with Crippen molar-refractivity contribution in [3.8, 4) is 0 Å². The van der Waals surface area contributed by atoms with Gasteiger partial charge in [0.2, 0.25) is 0 Å². The maximum Gasteiger partial charge on any atom is 0.191 e. The van der Waals surface area contributed by atoms with E-state index >= 15 is 0 Å². The lowest BCUT2D eigenvalue weighted by atomic mass is 10.1. The largest absolute Gasteiger partial charge is 0.355 e. The Morgan fingerprint density at radius 2 is 2.05 bits per heavy atom. The number of nitrogens with zero attached hydrogens (tertiary/aromatic N) is 2. The van der Waals surface area contributed by atoms with Crippen LogP contribution < -0.4 is 10.6 Å². The molecule has 1 aliphatic carbocycles. The summed E-state index contributed by atoms with van der Waals surface area (Å²) in [6.07, 6.45) is 3.85. The zero-order valence-corrected chi connectivity index (χ0v) is 14.5. The number of hydrogen-bond acceptors (Lipinski definition) is 3. The zero-order valence-electron chi connectivity index (χ0n) is 13.6. The SMILES string of the molecule is CCc1ccc(CNC(=NC)NCC(C2CC2)N(C)C)s1. The number of nitrogens with one attached hydrogen (secondary N) is 2. The van der Waals surface area contributed by atoms with Gasteiger partial charge in [0, 0.05) is 29.4 Å². The van der Waals surface area contributed by atoms with Gasteiger partial charge in [-0.15, -0.1) is 11.3 Å². The Labute approximate surface area is 132 Å². The molecule has 0 amide bonds. The predicted octanol–water partition coefficient (Wildman–Crippen LogP) is 2.32. The van der Waals surface area contributed by atoms with E-state index < -0.39 is 0 Å². The highest BCUT2D eigenvalue weighted by Gasteiger charge is 2.32. The van der Waals surface area contributed by atoms with Gasteiger partial charge in [0.15, 0.2) is 5.96 Å². The molecule has 1 atom stereocenters. The lowest BCUT2D eigenvalue weighted by Gasteiger charge is -2.25. The van der Waals surface area contributed by atoms with Crippen molar-refractivity contribution >= 4 is 17.3 Å². The number of aliphatic imine (C=N–C) groups is 1. The van der Waals surface area contributed by atoms with Gasteiger partial charge in [-0.05, 0) is 51.4 Å². The van der Waals surface area contributed by atoms with Crippen molar-refractivity contribution < 1.29 is 0 Å². The molecule has 2 rings (SSSR count). The molecule has 118 valence electrons. The highest BCUT2D eigenvalue weighted by atomic mass is 32.1. The average Bonchev–Trinajstić information content (AvgIpc) is 3.20. The van der Waals surface area contributed by atoms with Crippen molar-refractivity contribution in [2.75, 3.05) is 27.7 Å². The minimum absolute atomic E-state index is 0.608. The van der Waals surface area contributed by atoms with Crippen LogP contribution in [-0.2, 0) is 13.0 Å². The molecule has 5 heteroatoms. The fraction of sp³-hybridized carbons (Fsp3) is 0.688. The Bertz CT molecular complexity index is 461. The van der Waals surface area contributed by atoms with E-state index in [0.29, 0.717) is 6.04 Å². The maximum absolute atomic E-state index is 4.32. The summed E-state index contributed by atoms with van der Waals surface area (Å²) in [6.45, 7) is 4.01. The Morgan fingerprint density at radius 3 is 2.57 bits per heavy atom. The first-order valence-corrected chi connectivity index (χ1v) is 8.64. The lowest BCUT2D eigenvalue weighted by molar-refractivity contribution is 0.264. The van der Waals surface area contributed by atoms with E-state index in [0.717, 1.165) is 31.4 Å². The van der Waals surface area contributed by atoms with Crippen LogP contribution in [0.2, 0.25) is 0 Å². The fourth-order valence-corrected chi connectivity index (χ4v) is 3.45. The quantitative estimate of drug-likeness (QED) is 0.600. The summed E-state index contributed by atoms with van der Waals surface area (Å²) in [4.78, 5) is 9.45. The summed E-state index contributed by atoms with van der Waals surface area (Å²) in [5.74, 6) is 1.75. The smallest absolute Gasteiger partial charge is 0.191 e. The summed E-state index contributed by atoms with van der Waals surface area (Å²) in [6, 6.07) is 5.03. The van der Waals surface area contributed by atoms with Crippen LogP contribution in [0.5, 0.6) is 0 Å². The van der Waals surface area contributed by atoms with Gasteiger partial charge in [0.05, 0.1) is 6.54 Å². The molecule has 1 aromatic rings. The van der Waals surface area contributed by atoms with Gasteiger partial charge in [0.25, 0.3) is 0 Å². The molecular weight excluding hydrogens is 280 g/mol. The van der Waals surface area contributed by atoms with E-state index in [1.807, 2.05) is 18.4 Å². The first kappa shape index (κ1) is 16.3. The Kier molecular flexibility index (Phi) is 6.06. The second kappa shape index (κ2) is 7.80. The summed E-state index contributed by atoms with van der Waals surface area (Å²) < 4.78 is 0. The number of likely N-dealkylation sites (N-methyl/N-ethyl adjacent to an activating group) is 1. The summed E-state index contributed by atoms with van der Waals surface area (Å²) in [7, 11) is 6.17. The van der Waals surface area contributed by atoms with E-state index in [-0.39, 0.29) is 0 Å². The van der Waals surface area contributed by atoms with Crippen molar-refractivity contribution in [1.82, 2.24) is 15.5 Å². The van der Waals surface area contributed by atoms with Crippen LogP contribution in [0.3, 0.4) is 0 Å². The monoisotopic (exact) mass is 308 g/mol. The molecule has 1 unspecified atom stereocenters. The molecule has 4 nitrogen and oxygen atoms in total. The van der Waals surface area contributed by atoms with Crippen LogP contribution in [0, 0.1) is 5.92 Å². The molecule has 2 N–H and O–H groups in total. The number of guanidine groups is 1. The first-order valence-electron chi connectivity index (χ1n) is 7.82. The average molecular weight is 308 g/mol. The van der Waals surface area contributed by atoms with Crippen LogP contribution in [0.4, 0.5) is 0 Å². The summed E-state index contributed by atoms with van der Waals surface area (Å²) in [5, 5.41) is 6.87. The second-order valence-electron chi connectivity index (χ2n) is 5.90. The molecule has 0 spiro atoms. The van der Waals surface area contributed by atoms with Crippen molar-refractivity contribution in [3.63, 3.8) is 0 Å². The third kappa shape index (κ3) is 5.00. The molecule has 1 aromatic heterocycles. The molecule has 1 heterocycles. The second-order valence-corrected chi connectivity index (χ2v) is 7.15. The minimum atomic E-state index is 0.608. The highest BCUT2D eigenvalue weighted by Crippen LogP contribution is 2.34. The van der Waals surface area contributed by atoms with Crippen LogP contribution in [0.25, 0.3) is 0 Å². The standard InChI is InChI=1S/C16H28N4S/c1-5-13-8-9-14(21-13)10-18-16(17-2)19-11-15(20(3)4)12-6-7-12/h8-9,12,15H,5-7,10-11H2,1-4H3,(H2,17,18,19). The van der Waals surface area contributed by atoms with Gasteiger partial charge in [-0.2, -0.15) is 0 Å². The molecule has 1 saturated carbocycles. The number of rotatable bonds is 7. The fourth-order valence-electron chi connectivity index (χ4n) is 2.55. The van der Waals surface area contributed by atoms with Crippen LogP contribution in [0.15, 0.2) is 17.1 Å². The van der Waals surface area contributed by atoms with Gasteiger partial charge < -0.3 is 15.5 Å². The predicted molar refractivity (Wildman–Crippen MR) is 92.1 cm³/mol. The topological polar surface area (TPSA) is 39.7 Å². The van der Waals surface area contributed by atoms with Crippen LogP contribution >= 0.6 is 11.3 Å². The van der Waals surface area contributed by atoms with Gasteiger partial charge >= 0.3 is 0 Å². The molecule has 21 heavy (non-hydrogen) atoms. The summed E-state index contributed by atoms with van der Waals surface area (Å²) >= 11 is 1.88. The Morgan fingerprint density at radius 1 is 1.33 bits per heavy atom. The molecule has 0 radical (unpaired) electrons. The van der Waals surface area contributed by atoms with Crippen LogP contribution in [0.1, 0.15) is 29.5 Å². The van der Waals surface area contributed by atoms with Crippen molar-refractivity contribution in [2.45, 2.75) is 38.8 Å². The molecule has 1 aliphatic rings. The third-order valence-electron chi connectivity index (χ3n) is 4.03. The lowest BCUT2D eigenvalue weighted by Crippen LogP contribution is -2.45. The Hall–Kier alpha value is -1.07. The Balaban J connectivity index is 1.77. The normalized spacial score (nSPS) is 17.1. The van der Waals surface area contributed by atoms with Crippen LogP contribution in [-0.4, -0.2) is 44.6 Å². The minimum Gasteiger partial charge on any atom is -0.355 e. The summed E-state index contributed by atoms with van der Waals surface area (Å²) in [5.41, 5.74) is 0. The zero-order chi connectivity index (χ0) is 15.2. The van der Waals surface area contributed by atoms with Gasteiger partial charge in [0.1, 0.15) is 0 Å². The van der Waals surface area contributed by atoms with E-state index in [1.165, 1.54) is 22.6 Å². The van der Waals surface area contributed by atoms with E-state index in [1.54, 1.807) is 0 Å². The number of aryl methyl sites for hydroxylation is 1. The van der Waals surface area contributed by atoms with E-state index in [2.05, 4.69) is 53.7 Å². The van der Waals surface area contributed by atoms with Crippen molar-refractivity contribution in [3.05, 3.63) is 21.9 Å². The molecule has 0 aliphatic heterocycles. The van der Waals surface area contributed by atoms with Gasteiger partial charge in [-0.3, -0.25) is 4.99 Å². The highest BCUT2D eigenvalue weighted by molar-refractivity contribution is 7.11. The molecule has 0 bridgehead atoms. The van der Waals surface area contributed by atoms with Gasteiger partial charge in [-0.1, -0.05) is 6.92 Å². The van der Waals surface area contributed by atoms with Crippen molar-refractivity contribution in [1.29, 1.82) is 0 Å². The maximum atomic E-state index is 4.32. The van der Waals surface area contributed by atoms with E-state index in [4.69, 9.17) is 0 Å². The van der Waals surface area contributed by atoms with E-state index in [9.17, 15) is 0 Å². The number of thiophene rings is 1. The third-order valence-corrected chi connectivity index (χ3v) is 5.26.